The van der Waals surface area contributed by atoms with Gasteiger partial charge in [-0.25, -0.2) is 0 Å². The molecule has 2 unspecified atom stereocenters. The van der Waals surface area contributed by atoms with Crippen molar-refractivity contribution >= 4 is 11.6 Å². The van der Waals surface area contributed by atoms with Crippen molar-refractivity contribution in [3.05, 3.63) is 29.8 Å². The van der Waals surface area contributed by atoms with Gasteiger partial charge in [0.15, 0.2) is 0 Å². The third kappa shape index (κ3) is 2.48. The summed E-state index contributed by atoms with van der Waals surface area (Å²) in [5, 5.41) is 6.05. The van der Waals surface area contributed by atoms with Gasteiger partial charge in [0.25, 0.3) is 0 Å². The van der Waals surface area contributed by atoms with E-state index in [0.29, 0.717) is 19.1 Å². The van der Waals surface area contributed by atoms with Gasteiger partial charge < -0.3 is 15.5 Å². The number of amides is 1. The number of anilines is 1. The highest BCUT2D eigenvalue weighted by atomic mass is 16.2. The molecule has 4 nitrogen and oxygen atoms in total. The zero-order valence-corrected chi connectivity index (χ0v) is 11.2. The molecular weight excluding hydrogens is 226 g/mol. The maximum Gasteiger partial charge on any atom is 0.244 e. The Morgan fingerprint density at radius 3 is 2.67 bits per heavy atom. The first-order valence-corrected chi connectivity index (χ1v) is 6.41. The lowest BCUT2D eigenvalue weighted by Crippen LogP contribution is -2.62. The Bertz CT molecular complexity index is 416. The van der Waals surface area contributed by atoms with E-state index in [1.165, 1.54) is 5.56 Å². The Balaban J connectivity index is 2.30. The van der Waals surface area contributed by atoms with Crippen LogP contribution in [0.25, 0.3) is 0 Å². The number of piperazine rings is 1. The third-order valence-electron chi connectivity index (χ3n) is 3.41. The second kappa shape index (κ2) is 5.40. The molecule has 0 spiro atoms. The quantitative estimate of drug-likeness (QED) is 0.834. The Hall–Kier alpha value is -1.55. The Morgan fingerprint density at radius 2 is 2.06 bits per heavy atom. The first kappa shape index (κ1) is 12.9. The molecule has 0 saturated carbocycles. The fourth-order valence-electron chi connectivity index (χ4n) is 2.43. The molecule has 2 rings (SSSR count). The largest absolute Gasteiger partial charge is 0.354 e. The third-order valence-corrected chi connectivity index (χ3v) is 3.41. The van der Waals surface area contributed by atoms with Gasteiger partial charge in [0.2, 0.25) is 5.91 Å². The second-order valence-electron chi connectivity index (χ2n) is 4.91. The van der Waals surface area contributed by atoms with Crippen molar-refractivity contribution in [1.82, 2.24) is 10.6 Å². The highest BCUT2D eigenvalue weighted by Gasteiger charge is 2.33. The van der Waals surface area contributed by atoms with E-state index in [2.05, 4.69) is 53.6 Å². The molecule has 98 valence electrons. The lowest BCUT2D eigenvalue weighted by Gasteiger charge is -2.41. The van der Waals surface area contributed by atoms with Crippen LogP contribution in [0.1, 0.15) is 12.5 Å². The summed E-state index contributed by atoms with van der Waals surface area (Å²) in [5.74, 6) is 0.100. The summed E-state index contributed by atoms with van der Waals surface area (Å²) in [6, 6.07) is 8.53. The lowest BCUT2D eigenvalue weighted by atomic mass is 10.1. The van der Waals surface area contributed by atoms with E-state index < -0.39 is 0 Å². The fraction of sp³-hybridized carbons (Fsp3) is 0.500. The van der Waals surface area contributed by atoms with Crippen molar-refractivity contribution in [3.63, 3.8) is 0 Å². The lowest BCUT2D eigenvalue weighted by molar-refractivity contribution is -0.123. The molecular formula is C14H21N3O. The summed E-state index contributed by atoms with van der Waals surface area (Å²) >= 11 is 0. The predicted octanol–water partition coefficient (Wildman–Crippen LogP) is 0.908. The van der Waals surface area contributed by atoms with E-state index in [4.69, 9.17) is 0 Å². The monoisotopic (exact) mass is 247 g/mol. The molecule has 2 N–H and O–H groups in total. The number of benzene rings is 1. The molecule has 1 saturated heterocycles. The van der Waals surface area contributed by atoms with Gasteiger partial charge in [0.1, 0.15) is 6.04 Å². The summed E-state index contributed by atoms with van der Waals surface area (Å²) in [6.07, 6.45) is 0. The minimum absolute atomic E-state index is 0.100. The molecule has 4 heteroatoms. The van der Waals surface area contributed by atoms with Gasteiger partial charge in [0, 0.05) is 24.8 Å². The molecule has 1 aliphatic heterocycles. The van der Waals surface area contributed by atoms with Gasteiger partial charge in [-0.05, 0) is 33.0 Å². The maximum absolute atomic E-state index is 12.0. The van der Waals surface area contributed by atoms with Gasteiger partial charge in [-0.1, -0.05) is 17.7 Å². The summed E-state index contributed by atoms with van der Waals surface area (Å²) in [4.78, 5) is 14.2. The van der Waals surface area contributed by atoms with Gasteiger partial charge >= 0.3 is 0 Å². The number of nitrogens with zero attached hydrogens (tertiary/aromatic N) is 1. The van der Waals surface area contributed by atoms with E-state index in [1.54, 1.807) is 0 Å². The van der Waals surface area contributed by atoms with E-state index in [1.807, 2.05) is 7.05 Å². The zero-order valence-electron chi connectivity index (χ0n) is 11.2. The normalized spacial score (nSPS) is 23.9. The van der Waals surface area contributed by atoms with Gasteiger partial charge in [0.05, 0.1) is 0 Å². The summed E-state index contributed by atoms with van der Waals surface area (Å²) < 4.78 is 0. The molecule has 0 aromatic heterocycles. The molecule has 2 atom stereocenters. The van der Waals surface area contributed by atoms with E-state index >= 15 is 0 Å². The molecule has 0 aliphatic carbocycles. The summed E-state index contributed by atoms with van der Waals surface area (Å²) in [6.45, 7) is 5.57. The van der Waals surface area contributed by atoms with Gasteiger partial charge in [-0.2, -0.15) is 0 Å². The number of carbonyl (C=O) groups is 1. The number of hydrogen-bond acceptors (Lipinski definition) is 3. The number of likely N-dealkylation sites (N-methyl/N-ethyl adjacent to an activating group) is 1. The molecule has 1 amide bonds. The second-order valence-corrected chi connectivity index (χ2v) is 4.91. The molecule has 18 heavy (non-hydrogen) atoms. The van der Waals surface area contributed by atoms with Crippen molar-refractivity contribution in [3.8, 4) is 0 Å². The Kier molecular flexibility index (Phi) is 3.87. The SMILES string of the molecule is CNCC1C(=O)NCC(C)N1c1ccc(C)cc1. The van der Waals surface area contributed by atoms with Crippen molar-refractivity contribution < 1.29 is 4.79 Å². The van der Waals surface area contributed by atoms with Crippen LogP contribution < -0.4 is 15.5 Å². The van der Waals surface area contributed by atoms with Crippen molar-refractivity contribution in [1.29, 1.82) is 0 Å². The van der Waals surface area contributed by atoms with Crippen molar-refractivity contribution in [2.45, 2.75) is 25.9 Å². The fourth-order valence-corrected chi connectivity index (χ4v) is 2.43. The first-order valence-electron chi connectivity index (χ1n) is 6.41. The first-order chi connectivity index (χ1) is 8.63. The van der Waals surface area contributed by atoms with Crippen LogP contribution in [0.3, 0.4) is 0 Å². The molecule has 1 heterocycles. The van der Waals surface area contributed by atoms with Crippen LogP contribution in [0.4, 0.5) is 5.69 Å². The smallest absolute Gasteiger partial charge is 0.244 e. The predicted molar refractivity (Wildman–Crippen MR) is 73.8 cm³/mol. The zero-order chi connectivity index (χ0) is 13.1. The minimum Gasteiger partial charge on any atom is -0.354 e. The van der Waals surface area contributed by atoms with E-state index in [-0.39, 0.29) is 11.9 Å². The topological polar surface area (TPSA) is 44.4 Å². The van der Waals surface area contributed by atoms with Crippen LogP contribution in [0, 0.1) is 6.92 Å². The van der Waals surface area contributed by atoms with Crippen LogP contribution in [0.2, 0.25) is 0 Å². The van der Waals surface area contributed by atoms with Crippen LogP contribution in [-0.2, 0) is 4.79 Å². The van der Waals surface area contributed by atoms with Crippen LogP contribution in [0.15, 0.2) is 24.3 Å². The van der Waals surface area contributed by atoms with E-state index in [9.17, 15) is 4.79 Å². The highest BCUT2D eigenvalue weighted by Crippen LogP contribution is 2.22. The van der Waals surface area contributed by atoms with E-state index in [0.717, 1.165) is 5.69 Å². The summed E-state index contributed by atoms with van der Waals surface area (Å²) in [7, 11) is 1.87. The van der Waals surface area contributed by atoms with Gasteiger partial charge in [-0.3, -0.25) is 4.79 Å². The number of nitrogens with one attached hydrogen (secondary N) is 2. The van der Waals surface area contributed by atoms with Crippen molar-refractivity contribution in [2.24, 2.45) is 0 Å². The Labute approximate surface area is 108 Å². The minimum atomic E-state index is -0.138. The number of carbonyl (C=O) groups excluding carboxylic acids is 1. The highest BCUT2D eigenvalue weighted by molar-refractivity contribution is 5.87. The number of rotatable bonds is 3. The standard InChI is InChI=1S/C14H21N3O/c1-10-4-6-12(7-5-10)17-11(2)8-16-14(18)13(17)9-15-3/h4-7,11,13,15H,8-9H2,1-3H3,(H,16,18). The number of aryl methyl sites for hydroxylation is 1. The Morgan fingerprint density at radius 1 is 1.39 bits per heavy atom. The molecule has 1 fully saturated rings. The maximum atomic E-state index is 12.0. The molecule has 0 bridgehead atoms. The van der Waals surface area contributed by atoms with Crippen molar-refractivity contribution in [2.75, 3.05) is 25.0 Å². The van der Waals surface area contributed by atoms with Crippen LogP contribution >= 0.6 is 0 Å². The summed E-state index contributed by atoms with van der Waals surface area (Å²) in [5.41, 5.74) is 2.35. The van der Waals surface area contributed by atoms with Crippen LogP contribution in [-0.4, -0.2) is 38.1 Å². The average molecular weight is 247 g/mol. The number of hydrogen-bond donors (Lipinski definition) is 2. The molecule has 1 aromatic rings. The van der Waals surface area contributed by atoms with Crippen LogP contribution in [0.5, 0.6) is 0 Å². The average Bonchev–Trinajstić information content (AvgIpc) is 2.36. The molecule has 0 radical (unpaired) electrons. The molecule has 1 aromatic carbocycles. The molecule has 1 aliphatic rings. The van der Waals surface area contributed by atoms with Gasteiger partial charge in [-0.15, -0.1) is 0 Å².